The summed E-state index contributed by atoms with van der Waals surface area (Å²) in [6, 6.07) is 20.1. The van der Waals surface area contributed by atoms with Gasteiger partial charge in [-0.05, 0) is 90.9 Å². The van der Waals surface area contributed by atoms with Gasteiger partial charge in [0.2, 0.25) is 0 Å². The second-order valence-electron chi connectivity index (χ2n) is 11.3. The molecule has 0 radical (unpaired) electrons. The predicted octanol–water partition coefficient (Wildman–Crippen LogP) is 7.72. The summed E-state index contributed by atoms with van der Waals surface area (Å²) in [5, 5.41) is 10.4. The van der Waals surface area contributed by atoms with Gasteiger partial charge in [-0.1, -0.05) is 47.5 Å². The van der Waals surface area contributed by atoms with Crippen molar-refractivity contribution in [3.63, 3.8) is 0 Å². The highest BCUT2D eigenvalue weighted by Crippen LogP contribution is 2.51. The van der Waals surface area contributed by atoms with Crippen LogP contribution in [0.4, 0.5) is 10.1 Å². The lowest BCUT2D eigenvalue weighted by Gasteiger charge is -2.44. The average Bonchev–Trinajstić information content (AvgIpc) is 2.89. The maximum atomic E-state index is 13.9. The van der Waals surface area contributed by atoms with Crippen molar-refractivity contribution < 1.29 is 13.9 Å². The van der Waals surface area contributed by atoms with Gasteiger partial charge in [0.15, 0.2) is 5.78 Å². The Bertz CT molecular complexity index is 1600. The molecule has 5 rings (SSSR count). The van der Waals surface area contributed by atoms with E-state index in [9.17, 15) is 14.4 Å². The number of rotatable bonds is 5. The number of anilines is 1. The van der Waals surface area contributed by atoms with E-state index in [0.717, 1.165) is 38.2 Å². The Morgan fingerprint density at radius 2 is 1.77 bits per heavy atom. The average molecular weight is 601 g/mol. The highest BCUT2D eigenvalue weighted by atomic mass is 79.9. The van der Waals surface area contributed by atoms with E-state index in [0.29, 0.717) is 36.3 Å². The Balaban J connectivity index is 1.66. The first-order chi connectivity index (χ1) is 19.0. The number of nitrogens with zero attached hydrogens (tertiary/aromatic N) is 2. The van der Waals surface area contributed by atoms with Gasteiger partial charge in [-0.2, -0.15) is 5.26 Å². The molecule has 0 fully saturated rings. The Labute approximate surface area is 242 Å². The Morgan fingerprint density at radius 3 is 2.42 bits per heavy atom. The number of halogens is 2. The fourth-order valence-electron chi connectivity index (χ4n) is 5.81. The third-order valence-corrected chi connectivity index (χ3v) is 8.21. The van der Waals surface area contributed by atoms with E-state index in [1.807, 2.05) is 44.2 Å². The SMILES string of the molecule is Cc1cc(COc2ccc(Br)cc2)c(C)c(C2C(C#N)=C(N)N(c3ccc(F)cc3)C3=C2C(=O)CC(C)(C)C3)c1. The van der Waals surface area contributed by atoms with Crippen LogP contribution < -0.4 is 15.4 Å². The molecule has 1 aliphatic heterocycles. The zero-order valence-electron chi connectivity index (χ0n) is 23.0. The van der Waals surface area contributed by atoms with Gasteiger partial charge in [0.05, 0.1) is 17.6 Å². The number of carbonyl (C=O) groups excluding carboxylic acids is 1. The maximum Gasteiger partial charge on any atom is 0.162 e. The van der Waals surface area contributed by atoms with Crippen LogP contribution in [0.1, 0.15) is 54.9 Å². The molecular formula is C33H31BrFN3O2. The fourth-order valence-corrected chi connectivity index (χ4v) is 6.07. The van der Waals surface area contributed by atoms with Crippen molar-refractivity contribution >= 4 is 27.4 Å². The second-order valence-corrected chi connectivity index (χ2v) is 12.3. The number of hydrogen-bond acceptors (Lipinski definition) is 5. The minimum absolute atomic E-state index is 0.00261. The summed E-state index contributed by atoms with van der Waals surface area (Å²) in [5.41, 5.74) is 12.5. The van der Waals surface area contributed by atoms with Gasteiger partial charge in [0, 0.05) is 27.9 Å². The van der Waals surface area contributed by atoms with Gasteiger partial charge >= 0.3 is 0 Å². The number of hydrogen-bond donors (Lipinski definition) is 1. The van der Waals surface area contributed by atoms with E-state index in [1.165, 1.54) is 12.1 Å². The zero-order chi connectivity index (χ0) is 28.8. The number of nitrogens with two attached hydrogens (primary N) is 1. The van der Waals surface area contributed by atoms with Crippen molar-refractivity contribution in [3.8, 4) is 11.8 Å². The van der Waals surface area contributed by atoms with Crippen molar-refractivity contribution in [2.24, 2.45) is 11.1 Å². The highest BCUT2D eigenvalue weighted by Gasteiger charge is 2.45. The molecule has 40 heavy (non-hydrogen) atoms. The Kier molecular flexibility index (Phi) is 7.32. The summed E-state index contributed by atoms with van der Waals surface area (Å²) in [4.78, 5) is 15.7. The molecule has 0 aromatic heterocycles. The van der Waals surface area contributed by atoms with Crippen molar-refractivity contribution in [1.29, 1.82) is 5.26 Å². The first-order valence-electron chi connectivity index (χ1n) is 13.2. The van der Waals surface area contributed by atoms with Gasteiger partial charge in [0.25, 0.3) is 0 Å². The number of nitriles is 1. The zero-order valence-corrected chi connectivity index (χ0v) is 24.6. The summed E-state index contributed by atoms with van der Waals surface area (Å²) < 4.78 is 20.9. The molecule has 2 aliphatic rings. The molecule has 204 valence electrons. The van der Waals surface area contributed by atoms with E-state index in [-0.39, 0.29) is 22.8 Å². The molecule has 0 saturated carbocycles. The molecule has 0 bridgehead atoms. The smallest absolute Gasteiger partial charge is 0.162 e. The van der Waals surface area contributed by atoms with Crippen LogP contribution in [0.5, 0.6) is 5.75 Å². The van der Waals surface area contributed by atoms with Crippen LogP contribution >= 0.6 is 15.9 Å². The van der Waals surface area contributed by atoms with Gasteiger partial charge in [-0.25, -0.2) is 4.39 Å². The molecule has 1 atom stereocenters. The van der Waals surface area contributed by atoms with E-state index in [2.05, 4.69) is 41.9 Å². The monoisotopic (exact) mass is 599 g/mol. The molecule has 1 aliphatic carbocycles. The van der Waals surface area contributed by atoms with E-state index < -0.39 is 5.92 Å². The van der Waals surface area contributed by atoms with Crippen LogP contribution in [0, 0.1) is 36.4 Å². The van der Waals surface area contributed by atoms with Gasteiger partial charge in [-0.15, -0.1) is 0 Å². The van der Waals surface area contributed by atoms with Crippen molar-refractivity contribution in [2.75, 3.05) is 4.90 Å². The maximum absolute atomic E-state index is 13.9. The molecule has 1 unspecified atom stereocenters. The van der Waals surface area contributed by atoms with Crippen LogP contribution in [-0.2, 0) is 11.4 Å². The number of ketones is 1. The molecular weight excluding hydrogens is 569 g/mol. The molecule has 0 amide bonds. The topological polar surface area (TPSA) is 79.3 Å². The molecule has 2 N–H and O–H groups in total. The number of aryl methyl sites for hydroxylation is 1. The number of carbonyl (C=O) groups is 1. The molecule has 0 spiro atoms. The summed E-state index contributed by atoms with van der Waals surface area (Å²) in [6.07, 6.45) is 0.953. The molecule has 7 heteroatoms. The van der Waals surface area contributed by atoms with Crippen LogP contribution in [0.15, 0.2) is 87.8 Å². The van der Waals surface area contributed by atoms with Crippen molar-refractivity contribution in [1.82, 2.24) is 0 Å². The first kappa shape index (κ1) is 27.7. The number of Topliss-reactive ketones (excluding diaryl/α,β-unsaturated/α-hetero) is 1. The second kappa shape index (κ2) is 10.6. The normalized spacial score (nSPS) is 18.5. The minimum Gasteiger partial charge on any atom is -0.489 e. The summed E-state index contributed by atoms with van der Waals surface area (Å²) >= 11 is 3.45. The Morgan fingerprint density at radius 1 is 1.10 bits per heavy atom. The third kappa shape index (κ3) is 5.16. The predicted molar refractivity (Wildman–Crippen MR) is 158 cm³/mol. The highest BCUT2D eigenvalue weighted by molar-refractivity contribution is 9.10. The van der Waals surface area contributed by atoms with Gasteiger partial charge < -0.3 is 10.5 Å². The van der Waals surface area contributed by atoms with Crippen molar-refractivity contribution in [3.05, 3.63) is 116 Å². The molecule has 3 aromatic rings. The first-order valence-corrected chi connectivity index (χ1v) is 14.0. The third-order valence-electron chi connectivity index (χ3n) is 7.68. The summed E-state index contributed by atoms with van der Waals surface area (Å²) in [7, 11) is 0. The van der Waals surface area contributed by atoms with Gasteiger partial charge in [-0.3, -0.25) is 9.69 Å². The minimum atomic E-state index is -0.605. The summed E-state index contributed by atoms with van der Waals surface area (Å²) in [6.45, 7) is 8.46. The molecule has 5 nitrogen and oxygen atoms in total. The van der Waals surface area contributed by atoms with E-state index in [1.54, 1.807) is 17.0 Å². The lowest BCUT2D eigenvalue weighted by atomic mass is 9.68. The van der Waals surface area contributed by atoms with Crippen LogP contribution in [0.25, 0.3) is 0 Å². The fraction of sp³-hybridized carbons (Fsp3) is 0.273. The summed E-state index contributed by atoms with van der Waals surface area (Å²) in [5.74, 6) is 0.0276. The van der Waals surface area contributed by atoms with Gasteiger partial charge in [0.1, 0.15) is 24.0 Å². The number of benzene rings is 3. The lowest BCUT2D eigenvalue weighted by Crippen LogP contribution is -2.42. The molecule has 1 heterocycles. The Hall–Kier alpha value is -3.89. The standard InChI is InChI=1S/C33H31BrFN3O2/c1-19-13-21(18-40-25-11-5-22(34)6-12-25)20(2)26(14-19)30-27(17-36)32(37)38(24-9-7-23(35)8-10-24)28-15-33(3,4)16-29(39)31(28)30/h5-14,30H,15-16,18,37H2,1-4H3. The van der Waals surface area contributed by atoms with Crippen molar-refractivity contribution in [2.45, 2.75) is 53.1 Å². The van der Waals surface area contributed by atoms with E-state index in [4.69, 9.17) is 10.5 Å². The van der Waals surface area contributed by atoms with E-state index >= 15 is 0 Å². The molecule has 0 saturated heterocycles. The number of allylic oxidation sites excluding steroid dienone is 3. The van der Waals surface area contributed by atoms with Crippen LogP contribution in [0.2, 0.25) is 0 Å². The number of ether oxygens (including phenoxy) is 1. The largest absolute Gasteiger partial charge is 0.489 e. The van der Waals surface area contributed by atoms with Crippen LogP contribution in [-0.4, -0.2) is 5.78 Å². The quantitative estimate of drug-likeness (QED) is 0.324. The lowest BCUT2D eigenvalue weighted by molar-refractivity contribution is -0.118. The van der Waals surface area contributed by atoms with Crippen LogP contribution in [0.3, 0.4) is 0 Å². The molecule has 3 aromatic carbocycles.